The third-order valence-electron chi connectivity index (χ3n) is 4.29. The van der Waals surface area contributed by atoms with Crippen LogP contribution < -0.4 is 5.32 Å². The molecule has 0 spiro atoms. The number of aliphatic hydroxyl groups excluding tert-OH is 3. The number of rotatable bonds is 15. The SMILES string of the molecule is CCCCCCCCCCCC(=O)NC(CC)C(O)C(O)CO. The number of nitrogens with one attached hydrogen (secondary N) is 1. The minimum absolute atomic E-state index is 0.0935. The van der Waals surface area contributed by atoms with Gasteiger partial charge in [0.25, 0.3) is 0 Å². The summed E-state index contributed by atoms with van der Waals surface area (Å²) in [6, 6.07) is -0.511. The summed E-state index contributed by atoms with van der Waals surface area (Å²) in [5, 5.41) is 30.9. The number of hydrogen-bond donors (Lipinski definition) is 4. The highest BCUT2D eigenvalue weighted by atomic mass is 16.4. The molecule has 3 unspecified atom stereocenters. The second-order valence-electron chi connectivity index (χ2n) is 6.40. The summed E-state index contributed by atoms with van der Waals surface area (Å²) in [6.45, 7) is 3.54. The predicted molar refractivity (Wildman–Crippen MR) is 93.2 cm³/mol. The van der Waals surface area contributed by atoms with Crippen molar-refractivity contribution in [2.45, 2.75) is 103 Å². The van der Waals surface area contributed by atoms with E-state index in [4.69, 9.17) is 5.11 Å². The van der Waals surface area contributed by atoms with Gasteiger partial charge in [0.05, 0.1) is 12.6 Å². The molecule has 0 heterocycles. The lowest BCUT2D eigenvalue weighted by atomic mass is 10.0. The number of unbranched alkanes of at least 4 members (excludes halogenated alkanes) is 8. The zero-order valence-corrected chi connectivity index (χ0v) is 15.0. The van der Waals surface area contributed by atoms with E-state index in [0.717, 1.165) is 12.8 Å². The van der Waals surface area contributed by atoms with Crippen molar-refractivity contribution in [2.75, 3.05) is 6.61 Å². The molecule has 3 atom stereocenters. The van der Waals surface area contributed by atoms with Gasteiger partial charge in [0, 0.05) is 6.42 Å². The highest BCUT2D eigenvalue weighted by Gasteiger charge is 2.25. The molecular formula is C18H37NO4. The highest BCUT2D eigenvalue weighted by Crippen LogP contribution is 2.11. The zero-order chi connectivity index (χ0) is 17.5. The molecule has 0 rings (SSSR count). The summed E-state index contributed by atoms with van der Waals surface area (Å²) in [6.07, 6.45) is 9.49. The van der Waals surface area contributed by atoms with Crippen LogP contribution in [0.3, 0.4) is 0 Å². The zero-order valence-electron chi connectivity index (χ0n) is 15.0. The standard InChI is InChI=1S/C18H37NO4/c1-3-5-6-7-8-9-10-11-12-13-17(22)19-15(4-2)18(23)16(21)14-20/h15-16,18,20-21,23H,3-14H2,1-2H3,(H,19,22). The second kappa shape index (κ2) is 14.9. The normalized spacial score (nSPS) is 15.2. The van der Waals surface area contributed by atoms with Crippen molar-refractivity contribution in [2.24, 2.45) is 0 Å². The van der Waals surface area contributed by atoms with Gasteiger partial charge in [-0.15, -0.1) is 0 Å². The van der Waals surface area contributed by atoms with E-state index < -0.39 is 24.9 Å². The van der Waals surface area contributed by atoms with E-state index >= 15 is 0 Å². The van der Waals surface area contributed by atoms with Crippen LogP contribution in [-0.2, 0) is 4.79 Å². The molecule has 0 saturated carbocycles. The lowest BCUT2D eigenvalue weighted by Crippen LogP contribution is -2.49. The summed E-state index contributed by atoms with van der Waals surface area (Å²) in [5.74, 6) is -0.0935. The maximum Gasteiger partial charge on any atom is 0.220 e. The van der Waals surface area contributed by atoms with Crippen molar-refractivity contribution in [1.29, 1.82) is 0 Å². The maximum atomic E-state index is 11.9. The second-order valence-corrected chi connectivity index (χ2v) is 6.40. The number of hydrogen-bond acceptors (Lipinski definition) is 4. The van der Waals surface area contributed by atoms with Crippen LogP contribution in [0.25, 0.3) is 0 Å². The Kier molecular flexibility index (Phi) is 14.5. The average Bonchev–Trinajstić information content (AvgIpc) is 2.56. The average molecular weight is 331 g/mol. The van der Waals surface area contributed by atoms with Crippen molar-refractivity contribution in [3.8, 4) is 0 Å². The Labute approximate surface area is 141 Å². The van der Waals surface area contributed by atoms with Gasteiger partial charge < -0.3 is 20.6 Å². The van der Waals surface area contributed by atoms with Gasteiger partial charge in [-0.1, -0.05) is 65.2 Å². The predicted octanol–water partition coefficient (Wildman–Crippen LogP) is 2.52. The smallest absolute Gasteiger partial charge is 0.220 e. The fraction of sp³-hybridized carbons (Fsp3) is 0.944. The van der Waals surface area contributed by atoms with Gasteiger partial charge in [-0.2, -0.15) is 0 Å². The van der Waals surface area contributed by atoms with E-state index in [9.17, 15) is 15.0 Å². The molecule has 0 aliphatic carbocycles. The van der Waals surface area contributed by atoms with E-state index in [-0.39, 0.29) is 5.91 Å². The Morgan fingerprint density at radius 3 is 1.91 bits per heavy atom. The van der Waals surface area contributed by atoms with E-state index in [1.165, 1.54) is 44.9 Å². The first-order valence-electron chi connectivity index (χ1n) is 9.33. The Morgan fingerprint density at radius 1 is 0.913 bits per heavy atom. The first-order valence-corrected chi connectivity index (χ1v) is 9.33. The first-order chi connectivity index (χ1) is 11.1. The molecule has 0 saturated heterocycles. The Balaban J connectivity index is 3.69. The van der Waals surface area contributed by atoms with Crippen LogP contribution in [0.15, 0.2) is 0 Å². The summed E-state index contributed by atoms with van der Waals surface area (Å²) in [4.78, 5) is 11.9. The molecule has 138 valence electrons. The fourth-order valence-corrected chi connectivity index (χ4v) is 2.68. The molecule has 0 bridgehead atoms. The van der Waals surface area contributed by atoms with Crippen molar-refractivity contribution in [3.05, 3.63) is 0 Å². The molecule has 1 amide bonds. The number of carbonyl (C=O) groups is 1. The van der Waals surface area contributed by atoms with Crippen LogP contribution in [0.4, 0.5) is 0 Å². The van der Waals surface area contributed by atoms with Crippen LogP contribution in [0, 0.1) is 0 Å². The van der Waals surface area contributed by atoms with Gasteiger partial charge in [-0.25, -0.2) is 0 Å². The third-order valence-corrected chi connectivity index (χ3v) is 4.29. The molecule has 5 nitrogen and oxygen atoms in total. The molecule has 0 aromatic carbocycles. The fourth-order valence-electron chi connectivity index (χ4n) is 2.68. The van der Waals surface area contributed by atoms with Crippen LogP contribution in [-0.4, -0.2) is 46.1 Å². The molecule has 0 fully saturated rings. The number of amides is 1. The summed E-state index contributed by atoms with van der Waals surface area (Å²) in [5.41, 5.74) is 0. The maximum absolute atomic E-state index is 11.9. The quantitative estimate of drug-likeness (QED) is 0.347. The molecule has 0 aliphatic rings. The van der Waals surface area contributed by atoms with Gasteiger partial charge in [0.15, 0.2) is 0 Å². The van der Waals surface area contributed by atoms with Crippen LogP contribution in [0.5, 0.6) is 0 Å². The molecule has 0 aromatic rings. The van der Waals surface area contributed by atoms with Crippen molar-refractivity contribution < 1.29 is 20.1 Å². The van der Waals surface area contributed by atoms with Crippen molar-refractivity contribution in [1.82, 2.24) is 5.32 Å². The monoisotopic (exact) mass is 331 g/mol. The molecule has 0 aliphatic heterocycles. The molecule has 5 heteroatoms. The first kappa shape index (κ1) is 22.4. The molecular weight excluding hydrogens is 294 g/mol. The highest BCUT2D eigenvalue weighted by molar-refractivity contribution is 5.76. The van der Waals surface area contributed by atoms with E-state index in [2.05, 4.69) is 12.2 Å². The third kappa shape index (κ3) is 11.5. The Hall–Kier alpha value is -0.650. The summed E-state index contributed by atoms with van der Waals surface area (Å²) < 4.78 is 0. The topological polar surface area (TPSA) is 89.8 Å². The molecule has 4 N–H and O–H groups in total. The van der Waals surface area contributed by atoms with Crippen molar-refractivity contribution in [3.63, 3.8) is 0 Å². The van der Waals surface area contributed by atoms with Gasteiger partial charge in [-0.3, -0.25) is 4.79 Å². The van der Waals surface area contributed by atoms with Crippen LogP contribution >= 0.6 is 0 Å². The van der Waals surface area contributed by atoms with Crippen molar-refractivity contribution >= 4 is 5.91 Å². The molecule has 23 heavy (non-hydrogen) atoms. The minimum Gasteiger partial charge on any atom is -0.394 e. The van der Waals surface area contributed by atoms with Crippen LogP contribution in [0.1, 0.15) is 84.5 Å². The van der Waals surface area contributed by atoms with E-state index in [1.54, 1.807) is 0 Å². The lowest BCUT2D eigenvalue weighted by molar-refractivity contribution is -0.124. The van der Waals surface area contributed by atoms with Gasteiger partial charge in [0.1, 0.15) is 12.2 Å². The summed E-state index contributed by atoms with van der Waals surface area (Å²) in [7, 11) is 0. The number of aliphatic hydroxyl groups is 3. The number of carbonyl (C=O) groups excluding carboxylic acids is 1. The minimum atomic E-state index is -1.21. The van der Waals surface area contributed by atoms with E-state index in [0.29, 0.717) is 12.8 Å². The van der Waals surface area contributed by atoms with Gasteiger partial charge in [-0.05, 0) is 12.8 Å². The Morgan fingerprint density at radius 2 is 1.43 bits per heavy atom. The summed E-state index contributed by atoms with van der Waals surface area (Å²) >= 11 is 0. The molecule has 0 radical (unpaired) electrons. The Bertz CT molecular complexity index is 286. The van der Waals surface area contributed by atoms with E-state index in [1.807, 2.05) is 6.92 Å². The van der Waals surface area contributed by atoms with Gasteiger partial charge >= 0.3 is 0 Å². The molecule has 0 aromatic heterocycles. The van der Waals surface area contributed by atoms with Gasteiger partial charge in [0.2, 0.25) is 5.91 Å². The lowest BCUT2D eigenvalue weighted by Gasteiger charge is -2.25. The van der Waals surface area contributed by atoms with Crippen LogP contribution in [0.2, 0.25) is 0 Å². The largest absolute Gasteiger partial charge is 0.394 e.